The summed E-state index contributed by atoms with van der Waals surface area (Å²) in [5, 5.41) is 0. The zero-order chi connectivity index (χ0) is 14.9. The summed E-state index contributed by atoms with van der Waals surface area (Å²) in [4.78, 5) is 0.327. The summed E-state index contributed by atoms with van der Waals surface area (Å²) >= 11 is 3.33. The van der Waals surface area contributed by atoms with Crippen molar-refractivity contribution in [1.29, 1.82) is 0 Å². The highest BCUT2D eigenvalue weighted by atomic mass is 79.9. The summed E-state index contributed by atoms with van der Waals surface area (Å²) in [5.41, 5.74) is 7.01. The number of anilines is 1. The van der Waals surface area contributed by atoms with Crippen molar-refractivity contribution in [2.24, 2.45) is 5.92 Å². The third kappa shape index (κ3) is 3.02. The highest BCUT2D eigenvalue weighted by Gasteiger charge is 2.30. The van der Waals surface area contributed by atoms with Crippen LogP contribution in [0.25, 0.3) is 0 Å². The van der Waals surface area contributed by atoms with Gasteiger partial charge in [0.05, 0.1) is 4.90 Å². The van der Waals surface area contributed by atoms with Gasteiger partial charge in [-0.1, -0.05) is 13.3 Å². The van der Waals surface area contributed by atoms with Crippen LogP contribution >= 0.6 is 15.9 Å². The van der Waals surface area contributed by atoms with Crippen LogP contribution in [0.15, 0.2) is 21.5 Å². The van der Waals surface area contributed by atoms with E-state index in [1.54, 1.807) is 23.4 Å². The van der Waals surface area contributed by atoms with Gasteiger partial charge in [-0.25, -0.2) is 8.42 Å². The SMILES string of the molecule is CCC1CCN(S(=O)(=O)c2cc(N)c(Br)cc2C)CC1. The lowest BCUT2D eigenvalue weighted by molar-refractivity contribution is 0.269. The average molecular weight is 361 g/mol. The topological polar surface area (TPSA) is 63.4 Å². The van der Waals surface area contributed by atoms with E-state index in [1.807, 2.05) is 0 Å². The lowest BCUT2D eigenvalue weighted by atomic mass is 9.96. The standard InChI is InChI=1S/C14H21BrN2O2S/c1-3-11-4-6-17(7-5-11)20(18,19)14-9-13(16)12(15)8-10(14)2/h8-9,11H,3-7,16H2,1-2H3. The van der Waals surface area contributed by atoms with Gasteiger partial charge in [-0.3, -0.25) is 0 Å². The fourth-order valence-electron chi connectivity index (χ4n) is 2.64. The highest BCUT2D eigenvalue weighted by molar-refractivity contribution is 9.10. The number of benzene rings is 1. The van der Waals surface area contributed by atoms with Crippen molar-refractivity contribution in [3.63, 3.8) is 0 Å². The zero-order valence-electron chi connectivity index (χ0n) is 11.9. The fraction of sp³-hybridized carbons (Fsp3) is 0.571. The predicted octanol–water partition coefficient (Wildman–Crippen LogP) is 3.15. The minimum Gasteiger partial charge on any atom is -0.398 e. The molecule has 1 aliphatic heterocycles. The number of nitrogens with two attached hydrogens (primary N) is 1. The first-order valence-corrected chi connectivity index (χ1v) is 9.15. The minimum atomic E-state index is -3.43. The summed E-state index contributed by atoms with van der Waals surface area (Å²) in [5.74, 6) is 0.650. The quantitative estimate of drug-likeness (QED) is 0.842. The Balaban J connectivity index is 2.30. The Labute approximate surface area is 129 Å². The zero-order valence-corrected chi connectivity index (χ0v) is 14.3. The molecular weight excluding hydrogens is 340 g/mol. The van der Waals surface area contributed by atoms with Gasteiger partial charge in [-0.05, 0) is 59.3 Å². The van der Waals surface area contributed by atoms with Gasteiger partial charge in [-0.2, -0.15) is 4.31 Å². The molecule has 0 radical (unpaired) electrons. The molecule has 0 aliphatic carbocycles. The number of piperidine rings is 1. The van der Waals surface area contributed by atoms with E-state index in [4.69, 9.17) is 5.73 Å². The van der Waals surface area contributed by atoms with Gasteiger partial charge in [0.2, 0.25) is 10.0 Å². The maximum Gasteiger partial charge on any atom is 0.243 e. The summed E-state index contributed by atoms with van der Waals surface area (Å²) in [6.07, 6.45) is 3.01. The average Bonchev–Trinajstić information content (AvgIpc) is 2.42. The largest absolute Gasteiger partial charge is 0.398 e. The first-order valence-electron chi connectivity index (χ1n) is 6.92. The number of aryl methyl sites for hydroxylation is 1. The lowest BCUT2D eigenvalue weighted by Crippen LogP contribution is -2.38. The third-order valence-electron chi connectivity index (χ3n) is 4.06. The molecule has 1 heterocycles. The molecule has 2 N–H and O–H groups in total. The van der Waals surface area contributed by atoms with Gasteiger partial charge in [0.25, 0.3) is 0 Å². The van der Waals surface area contributed by atoms with E-state index in [2.05, 4.69) is 22.9 Å². The number of hydrogen-bond acceptors (Lipinski definition) is 3. The molecule has 2 rings (SSSR count). The van der Waals surface area contributed by atoms with E-state index >= 15 is 0 Å². The molecule has 0 spiro atoms. The molecule has 1 aromatic carbocycles. The monoisotopic (exact) mass is 360 g/mol. The second-order valence-electron chi connectivity index (χ2n) is 5.39. The van der Waals surface area contributed by atoms with Gasteiger partial charge in [0, 0.05) is 23.2 Å². The van der Waals surface area contributed by atoms with Crippen molar-refractivity contribution in [2.75, 3.05) is 18.8 Å². The first kappa shape index (κ1) is 15.8. The van der Waals surface area contributed by atoms with E-state index in [0.29, 0.717) is 29.6 Å². The van der Waals surface area contributed by atoms with Crippen LogP contribution in [0.3, 0.4) is 0 Å². The van der Waals surface area contributed by atoms with E-state index in [1.165, 1.54) is 0 Å². The van der Waals surface area contributed by atoms with Crippen molar-refractivity contribution in [2.45, 2.75) is 38.0 Å². The van der Waals surface area contributed by atoms with Gasteiger partial charge >= 0.3 is 0 Å². The summed E-state index contributed by atoms with van der Waals surface area (Å²) in [6.45, 7) is 5.18. The molecule has 0 aromatic heterocycles. The number of sulfonamides is 1. The Kier molecular flexibility index (Phi) is 4.76. The van der Waals surface area contributed by atoms with Crippen molar-refractivity contribution in [3.8, 4) is 0 Å². The molecular formula is C14H21BrN2O2S. The van der Waals surface area contributed by atoms with E-state index in [9.17, 15) is 8.42 Å². The van der Waals surface area contributed by atoms with E-state index < -0.39 is 10.0 Å². The Morgan fingerprint density at radius 3 is 2.50 bits per heavy atom. The molecule has 0 atom stereocenters. The maximum atomic E-state index is 12.7. The van der Waals surface area contributed by atoms with Crippen LogP contribution in [-0.4, -0.2) is 25.8 Å². The molecule has 4 nitrogen and oxygen atoms in total. The van der Waals surface area contributed by atoms with Gasteiger partial charge < -0.3 is 5.73 Å². The second kappa shape index (κ2) is 6.03. The van der Waals surface area contributed by atoms with Crippen LogP contribution in [0, 0.1) is 12.8 Å². The minimum absolute atomic E-state index is 0.327. The molecule has 1 fully saturated rings. The molecule has 112 valence electrons. The first-order chi connectivity index (χ1) is 9.36. The second-order valence-corrected chi connectivity index (χ2v) is 8.16. The molecule has 20 heavy (non-hydrogen) atoms. The van der Waals surface area contributed by atoms with Crippen LogP contribution in [-0.2, 0) is 10.0 Å². The Morgan fingerprint density at radius 1 is 1.35 bits per heavy atom. The Bertz CT molecular complexity index is 593. The van der Waals surface area contributed by atoms with Crippen LogP contribution in [0.1, 0.15) is 31.7 Å². The molecule has 0 bridgehead atoms. The molecule has 6 heteroatoms. The molecule has 1 aromatic rings. The maximum absolute atomic E-state index is 12.7. The van der Waals surface area contributed by atoms with Crippen LogP contribution < -0.4 is 5.73 Å². The molecule has 0 saturated carbocycles. The lowest BCUT2D eigenvalue weighted by Gasteiger charge is -2.31. The number of nitrogen functional groups attached to an aromatic ring is 1. The van der Waals surface area contributed by atoms with Crippen LogP contribution in [0.2, 0.25) is 0 Å². The fourth-order valence-corrected chi connectivity index (χ4v) is 4.81. The van der Waals surface area contributed by atoms with Crippen molar-refractivity contribution >= 4 is 31.6 Å². The molecule has 0 amide bonds. The number of nitrogens with zero attached hydrogens (tertiary/aromatic N) is 1. The van der Waals surface area contributed by atoms with Crippen molar-refractivity contribution < 1.29 is 8.42 Å². The Hall–Kier alpha value is -0.590. The van der Waals surface area contributed by atoms with Gasteiger partial charge in [0.15, 0.2) is 0 Å². The number of rotatable bonds is 3. The molecule has 0 unspecified atom stereocenters. The Morgan fingerprint density at radius 2 is 1.95 bits per heavy atom. The molecule has 1 aliphatic rings. The highest BCUT2D eigenvalue weighted by Crippen LogP contribution is 2.31. The summed E-state index contributed by atoms with van der Waals surface area (Å²) in [7, 11) is -3.43. The van der Waals surface area contributed by atoms with Crippen molar-refractivity contribution in [1.82, 2.24) is 4.31 Å². The van der Waals surface area contributed by atoms with E-state index in [-0.39, 0.29) is 0 Å². The summed E-state index contributed by atoms with van der Waals surface area (Å²) in [6, 6.07) is 3.32. The smallest absolute Gasteiger partial charge is 0.243 e. The normalized spacial score (nSPS) is 18.4. The van der Waals surface area contributed by atoms with Gasteiger partial charge in [-0.15, -0.1) is 0 Å². The summed E-state index contributed by atoms with van der Waals surface area (Å²) < 4.78 is 27.8. The van der Waals surface area contributed by atoms with Crippen LogP contribution in [0.4, 0.5) is 5.69 Å². The van der Waals surface area contributed by atoms with Gasteiger partial charge in [0.1, 0.15) is 0 Å². The predicted molar refractivity (Wildman–Crippen MR) is 85.1 cm³/mol. The number of halogens is 1. The van der Waals surface area contributed by atoms with Crippen LogP contribution in [0.5, 0.6) is 0 Å². The number of hydrogen-bond donors (Lipinski definition) is 1. The van der Waals surface area contributed by atoms with Crippen molar-refractivity contribution in [3.05, 3.63) is 22.2 Å². The van der Waals surface area contributed by atoms with E-state index in [0.717, 1.165) is 29.3 Å². The third-order valence-corrected chi connectivity index (χ3v) is 6.79. The molecule has 1 saturated heterocycles.